The molecule has 0 aromatic heterocycles. The summed E-state index contributed by atoms with van der Waals surface area (Å²) >= 11 is 0. The van der Waals surface area contributed by atoms with Crippen LogP contribution < -0.4 is 0 Å². The SMILES string of the molecule is CC1=CC(C)(C=O)C(C)C=C1. The fourth-order valence-corrected chi connectivity index (χ4v) is 1.31. The summed E-state index contributed by atoms with van der Waals surface area (Å²) in [5.74, 6) is 0.323. The van der Waals surface area contributed by atoms with Crippen molar-refractivity contribution in [2.75, 3.05) is 0 Å². The molecule has 1 heteroatoms. The summed E-state index contributed by atoms with van der Waals surface area (Å²) in [6.45, 7) is 6.05. The molecular weight excluding hydrogens is 136 g/mol. The molecule has 60 valence electrons. The summed E-state index contributed by atoms with van der Waals surface area (Å²) in [4.78, 5) is 10.8. The fourth-order valence-electron chi connectivity index (χ4n) is 1.31. The molecule has 0 aromatic carbocycles. The van der Waals surface area contributed by atoms with Crippen LogP contribution in [0.5, 0.6) is 0 Å². The topological polar surface area (TPSA) is 17.1 Å². The van der Waals surface area contributed by atoms with E-state index in [-0.39, 0.29) is 5.41 Å². The molecule has 11 heavy (non-hydrogen) atoms. The zero-order valence-corrected chi connectivity index (χ0v) is 7.29. The Hall–Kier alpha value is -0.850. The van der Waals surface area contributed by atoms with E-state index >= 15 is 0 Å². The van der Waals surface area contributed by atoms with Gasteiger partial charge >= 0.3 is 0 Å². The van der Waals surface area contributed by atoms with E-state index in [0.29, 0.717) is 5.92 Å². The summed E-state index contributed by atoms with van der Waals surface area (Å²) in [5, 5.41) is 0. The minimum Gasteiger partial charge on any atom is -0.302 e. The maximum absolute atomic E-state index is 10.8. The summed E-state index contributed by atoms with van der Waals surface area (Å²) in [5.41, 5.74) is 0.899. The molecule has 0 aliphatic heterocycles. The molecule has 0 bridgehead atoms. The average Bonchev–Trinajstić information content (AvgIpc) is 1.98. The first kappa shape index (κ1) is 8.25. The van der Waals surface area contributed by atoms with Crippen molar-refractivity contribution >= 4 is 6.29 Å². The number of hydrogen-bond acceptors (Lipinski definition) is 1. The standard InChI is InChI=1S/C10H14O/c1-8-4-5-9(2)10(3,6-8)7-11/h4-7,9H,1-3H3. The first-order chi connectivity index (χ1) is 5.08. The van der Waals surface area contributed by atoms with Gasteiger partial charge in [-0.3, -0.25) is 0 Å². The lowest BCUT2D eigenvalue weighted by Gasteiger charge is -2.27. The van der Waals surface area contributed by atoms with Gasteiger partial charge in [-0.05, 0) is 19.8 Å². The Balaban J connectivity index is 2.98. The molecular formula is C10H14O. The van der Waals surface area contributed by atoms with Gasteiger partial charge in [0.05, 0.1) is 0 Å². The van der Waals surface area contributed by atoms with Gasteiger partial charge < -0.3 is 4.79 Å². The van der Waals surface area contributed by atoms with E-state index in [1.165, 1.54) is 5.57 Å². The Morgan fingerprint density at radius 2 is 2.27 bits per heavy atom. The van der Waals surface area contributed by atoms with Crippen molar-refractivity contribution in [3.8, 4) is 0 Å². The lowest BCUT2D eigenvalue weighted by Crippen LogP contribution is -2.25. The molecule has 0 N–H and O–H groups in total. The van der Waals surface area contributed by atoms with Gasteiger partial charge in [-0.1, -0.05) is 30.7 Å². The van der Waals surface area contributed by atoms with E-state index in [9.17, 15) is 4.79 Å². The van der Waals surface area contributed by atoms with Crippen LogP contribution in [0.4, 0.5) is 0 Å². The summed E-state index contributed by atoms with van der Waals surface area (Å²) in [6, 6.07) is 0. The number of carbonyl (C=O) groups excluding carboxylic acids is 1. The van der Waals surface area contributed by atoms with Gasteiger partial charge in [0.2, 0.25) is 0 Å². The largest absolute Gasteiger partial charge is 0.302 e. The highest BCUT2D eigenvalue weighted by Gasteiger charge is 2.28. The predicted molar refractivity (Wildman–Crippen MR) is 46.2 cm³/mol. The second-order valence-corrected chi connectivity index (χ2v) is 3.52. The van der Waals surface area contributed by atoms with Gasteiger partial charge in [0.25, 0.3) is 0 Å². The van der Waals surface area contributed by atoms with E-state index in [2.05, 4.69) is 19.1 Å². The van der Waals surface area contributed by atoms with Crippen molar-refractivity contribution in [1.82, 2.24) is 0 Å². The van der Waals surface area contributed by atoms with Gasteiger partial charge in [0.1, 0.15) is 6.29 Å². The number of allylic oxidation sites excluding steroid dienone is 4. The average molecular weight is 150 g/mol. The van der Waals surface area contributed by atoms with Crippen molar-refractivity contribution in [3.63, 3.8) is 0 Å². The highest BCUT2D eigenvalue weighted by atomic mass is 16.1. The number of carbonyl (C=O) groups is 1. The first-order valence-corrected chi connectivity index (χ1v) is 3.92. The van der Waals surface area contributed by atoms with Crippen LogP contribution in [0.3, 0.4) is 0 Å². The zero-order valence-electron chi connectivity index (χ0n) is 7.29. The predicted octanol–water partition coefficient (Wildman–Crippen LogP) is 2.34. The quantitative estimate of drug-likeness (QED) is 0.524. The van der Waals surface area contributed by atoms with E-state index in [1.807, 2.05) is 19.9 Å². The van der Waals surface area contributed by atoms with E-state index < -0.39 is 0 Å². The van der Waals surface area contributed by atoms with Crippen molar-refractivity contribution in [2.45, 2.75) is 20.8 Å². The maximum Gasteiger partial charge on any atom is 0.130 e. The third-order valence-electron chi connectivity index (χ3n) is 2.42. The second kappa shape index (κ2) is 2.65. The molecule has 1 nitrogen and oxygen atoms in total. The van der Waals surface area contributed by atoms with Crippen molar-refractivity contribution in [2.24, 2.45) is 11.3 Å². The summed E-state index contributed by atoms with van der Waals surface area (Å²) < 4.78 is 0. The zero-order chi connectivity index (χ0) is 8.48. The van der Waals surface area contributed by atoms with Gasteiger partial charge in [0, 0.05) is 5.41 Å². The monoisotopic (exact) mass is 150 g/mol. The Bertz CT molecular complexity index is 225. The van der Waals surface area contributed by atoms with E-state index in [1.54, 1.807) is 0 Å². The smallest absolute Gasteiger partial charge is 0.130 e. The van der Waals surface area contributed by atoms with Crippen LogP contribution >= 0.6 is 0 Å². The van der Waals surface area contributed by atoms with E-state index in [4.69, 9.17) is 0 Å². The lowest BCUT2D eigenvalue weighted by atomic mass is 9.75. The lowest BCUT2D eigenvalue weighted by molar-refractivity contribution is -0.114. The molecule has 2 unspecified atom stereocenters. The third kappa shape index (κ3) is 1.42. The molecule has 0 heterocycles. The van der Waals surface area contributed by atoms with Crippen LogP contribution in [0.2, 0.25) is 0 Å². The number of rotatable bonds is 1. The van der Waals surface area contributed by atoms with Gasteiger partial charge in [0.15, 0.2) is 0 Å². The molecule has 0 aromatic rings. The van der Waals surface area contributed by atoms with Crippen molar-refractivity contribution in [3.05, 3.63) is 23.8 Å². The van der Waals surface area contributed by atoms with Crippen LogP contribution in [-0.2, 0) is 4.79 Å². The maximum atomic E-state index is 10.8. The molecule has 0 saturated heterocycles. The first-order valence-electron chi connectivity index (χ1n) is 3.92. The van der Waals surface area contributed by atoms with Crippen LogP contribution in [-0.4, -0.2) is 6.29 Å². The van der Waals surface area contributed by atoms with Crippen molar-refractivity contribution in [1.29, 1.82) is 0 Å². The Labute approximate surface area is 67.8 Å². The summed E-state index contributed by atoms with van der Waals surface area (Å²) in [7, 11) is 0. The fraction of sp³-hybridized carbons (Fsp3) is 0.500. The van der Waals surface area contributed by atoms with Crippen LogP contribution in [0.25, 0.3) is 0 Å². The van der Waals surface area contributed by atoms with Crippen LogP contribution in [0.15, 0.2) is 23.8 Å². The highest BCUT2D eigenvalue weighted by molar-refractivity contribution is 5.64. The van der Waals surface area contributed by atoms with Gasteiger partial charge in [-0.15, -0.1) is 0 Å². The molecule has 0 amide bonds. The molecule has 1 aliphatic rings. The molecule has 0 saturated carbocycles. The van der Waals surface area contributed by atoms with Gasteiger partial charge in [-0.25, -0.2) is 0 Å². The Kier molecular flexibility index (Phi) is 1.99. The normalized spacial score (nSPS) is 36.6. The van der Waals surface area contributed by atoms with Crippen LogP contribution in [0.1, 0.15) is 20.8 Å². The molecule has 1 aliphatic carbocycles. The molecule has 2 atom stereocenters. The Morgan fingerprint density at radius 3 is 2.73 bits per heavy atom. The van der Waals surface area contributed by atoms with Crippen molar-refractivity contribution < 1.29 is 4.79 Å². The third-order valence-corrected chi connectivity index (χ3v) is 2.42. The number of hydrogen-bond donors (Lipinski definition) is 0. The number of aldehydes is 1. The summed E-state index contributed by atoms with van der Waals surface area (Å²) in [6.07, 6.45) is 7.22. The van der Waals surface area contributed by atoms with E-state index in [0.717, 1.165) is 6.29 Å². The molecule has 0 radical (unpaired) electrons. The Morgan fingerprint density at radius 1 is 1.64 bits per heavy atom. The molecule has 0 fully saturated rings. The minimum atomic E-state index is -0.279. The highest BCUT2D eigenvalue weighted by Crippen LogP contribution is 2.32. The van der Waals surface area contributed by atoms with Crippen LogP contribution in [0, 0.1) is 11.3 Å². The molecule has 1 rings (SSSR count). The molecule has 0 spiro atoms. The second-order valence-electron chi connectivity index (χ2n) is 3.52. The van der Waals surface area contributed by atoms with Gasteiger partial charge in [-0.2, -0.15) is 0 Å². The minimum absolute atomic E-state index is 0.279.